The molecular formula is C16H12N6S. The average molecular weight is 320 g/mol. The van der Waals surface area contributed by atoms with Crippen molar-refractivity contribution < 1.29 is 0 Å². The highest BCUT2D eigenvalue weighted by atomic mass is 32.1. The summed E-state index contributed by atoms with van der Waals surface area (Å²) in [5, 5.41) is 22.4. The van der Waals surface area contributed by atoms with Gasteiger partial charge in [-0.1, -0.05) is 46.8 Å². The van der Waals surface area contributed by atoms with Gasteiger partial charge in [0.15, 0.2) is 0 Å². The number of rotatable bonds is 1. The zero-order chi connectivity index (χ0) is 15.5. The molecule has 0 radical (unpaired) electrons. The Bertz CT molecular complexity index is 935. The van der Waals surface area contributed by atoms with Gasteiger partial charge in [-0.25, -0.2) is 0 Å². The van der Waals surface area contributed by atoms with Crippen LogP contribution >= 0.6 is 11.3 Å². The first-order chi connectivity index (χ1) is 11.4. The molecule has 5 aromatic rings. The van der Waals surface area contributed by atoms with Crippen molar-refractivity contribution in [1.29, 1.82) is 0 Å². The normalized spacial score (nSPS) is 10.6. The fourth-order valence-corrected chi connectivity index (χ4v) is 3.43. The summed E-state index contributed by atoms with van der Waals surface area (Å²) in [6.07, 6.45) is 3.30. The lowest BCUT2D eigenvalue weighted by molar-refractivity contribution is 0.930. The second-order valence-corrected chi connectivity index (χ2v) is 5.90. The summed E-state index contributed by atoms with van der Waals surface area (Å²) < 4.78 is 2.76. The monoisotopic (exact) mass is 320 g/mol. The number of aromatic amines is 2. The Morgan fingerprint density at radius 1 is 0.652 bits per heavy atom. The van der Waals surface area contributed by atoms with Gasteiger partial charge in [-0.15, -0.1) is 21.5 Å². The van der Waals surface area contributed by atoms with Crippen molar-refractivity contribution >= 4 is 31.5 Å². The van der Waals surface area contributed by atoms with Crippen molar-refractivity contribution in [3.63, 3.8) is 0 Å². The predicted octanol–water partition coefficient (Wildman–Crippen LogP) is 3.64. The predicted molar refractivity (Wildman–Crippen MR) is 91.1 cm³/mol. The third-order valence-corrected chi connectivity index (χ3v) is 4.53. The highest BCUT2D eigenvalue weighted by molar-refractivity contribution is 7.25. The Hall–Kier alpha value is -3.06. The van der Waals surface area contributed by atoms with Gasteiger partial charge in [0.05, 0.1) is 12.4 Å². The number of aromatic nitrogens is 6. The molecule has 0 spiro atoms. The van der Waals surface area contributed by atoms with E-state index in [0.717, 1.165) is 0 Å². The number of hydrogen-bond acceptors (Lipinski definition) is 5. The molecule has 0 bridgehead atoms. The minimum Gasteiger partial charge on any atom is -0.265 e. The molecule has 2 N–H and O–H groups in total. The SMILES string of the molecule is c1[nH]nnc1-c1c[nH]nn1.c1ccc2c(c1)sc1ccccc12. The minimum atomic E-state index is 0.689. The lowest BCUT2D eigenvalue weighted by Crippen LogP contribution is -1.76. The highest BCUT2D eigenvalue weighted by Gasteiger charge is 2.02. The zero-order valence-corrected chi connectivity index (χ0v) is 12.8. The second kappa shape index (κ2) is 5.98. The smallest absolute Gasteiger partial charge is 0.134 e. The van der Waals surface area contributed by atoms with Gasteiger partial charge in [0, 0.05) is 20.2 Å². The molecule has 0 amide bonds. The van der Waals surface area contributed by atoms with Crippen LogP contribution in [0.3, 0.4) is 0 Å². The van der Waals surface area contributed by atoms with Crippen LogP contribution in [0.5, 0.6) is 0 Å². The molecular weight excluding hydrogens is 308 g/mol. The van der Waals surface area contributed by atoms with E-state index in [1.165, 1.54) is 20.2 Å². The van der Waals surface area contributed by atoms with Crippen molar-refractivity contribution in [3.8, 4) is 11.4 Å². The number of thiophene rings is 1. The first-order valence-electron chi connectivity index (χ1n) is 7.01. The fourth-order valence-electron chi connectivity index (χ4n) is 2.33. The van der Waals surface area contributed by atoms with Gasteiger partial charge in [-0.3, -0.25) is 10.2 Å². The van der Waals surface area contributed by atoms with E-state index < -0.39 is 0 Å². The van der Waals surface area contributed by atoms with Gasteiger partial charge in [-0.2, -0.15) is 0 Å². The molecule has 0 aliphatic rings. The largest absolute Gasteiger partial charge is 0.265 e. The molecule has 0 unspecified atom stereocenters. The lowest BCUT2D eigenvalue weighted by atomic mass is 10.2. The number of nitrogens with zero attached hydrogens (tertiary/aromatic N) is 4. The number of nitrogens with one attached hydrogen (secondary N) is 2. The van der Waals surface area contributed by atoms with Crippen LogP contribution in [-0.2, 0) is 0 Å². The van der Waals surface area contributed by atoms with Crippen molar-refractivity contribution in [2.75, 3.05) is 0 Å². The van der Waals surface area contributed by atoms with Gasteiger partial charge >= 0.3 is 0 Å². The maximum atomic E-state index is 3.73. The van der Waals surface area contributed by atoms with E-state index in [4.69, 9.17) is 0 Å². The molecule has 6 nitrogen and oxygen atoms in total. The topological polar surface area (TPSA) is 83.1 Å². The molecule has 0 saturated heterocycles. The molecule has 0 atom stereocenters. The van der Waals surface area contributed by atoms with E-state index in [0.29, 0.717) is 11.4 Å². The van der Waals surface area contributed by atoms with E-state index in [2.05, 4.69) is 79.4 Å². The van der Waals surface area contributed by atoms with E-state index in [-0.39, 0.29) is 0 Å². The summed E-state index contributed by atoms with van der Waals surface area (Å²) in [7, 11) is 0. The molecule has 0 saturated carbocycles. The minimum absolute atomic E-state index is 0.689. The number of benzene rings is 2. The first-order valence-corrected chi connectivity index (χ1v) is 7.83. The molecule has 0 aliphatic carbocycles. The molecule has 2 aromatic carbocycles. The molecule has 7 heteroatoms. The number of hydrogen-bond donors (Lipinski definition) is 2. The van der Waals surface area contributed by atoms with Gasteiger partial charge < -0.3 is 0 Å². The van der Waals surface area contributed by atoms with E-state index in [1.807, 2.05) is 11.3 Å². The number of fused-ring (bicyclic) bond motifs is 3. The van der Waals surface area contributed by atoms with Crippen LogP contribution in [0.25, 0.3) is 31.6 Å². The average Bonchev–Trinajstić information content (AvgIpc) is 3.34. The van der Waals surface area contributed by atoms with Crippen LogP contribution in [0.1, 0.15) is 0 Å². The van der Waals surface area contributed by atoms with Crippen molar-refractivity contribution in [2.24, 2.45) is 0 Å². The van der Waals surface area contributed by atoms with Crippen molar-refractivity contribution in [1.82, 2.24) is 30.8 Å². The summed E-state index contributed by atoms with van der Waals surface area (Å²) in [5.41, 5.74) is 1.38. The Kier molecular flexibility index (Phi) is 3.53. The van der Waals surface area contributed by atoms with Crippen molar-refractivity contribution in [3.05, 3.63) is 60.9 Å². The molecule has 3 aromatic heterocycles. The summed E-state index contributed by atoms with van der Waals surface area (Å²) in [6.45, 7) is 0. The van der Waals surface area contributed by atoms with E-state index in [9.17, 15) is 0 Å². The van der Waals surface area contributed by atoms with Crippen molar-refractivity contribution in [2.45, 2.75) is 0 Å². The molecule has 5 rings (SSSR count). The summed E-state index contributed by atoms with van der Waals surface area (Å²) in [5.74, 6) is 0. The molecule has 112 valence electrons. The van der Waals surface area contributed by atoms with Crippen LogP contribution in [-0.4, -0.2) is 30.8 Å². The number of H-pyrrole nitrogens is 2. The molecule has 0 aliphatic heterocycles. The van der Waals surface area contributed by atoms with Crippen LogP contribution in [0.2, 0.25) is 0 Å². The van der Waals surface area contributed by atoms with Gasteiger partial charge in [-0.05, 0) is 12.1 Å². The Morgan fingerprint density at radius 3 is 1.57 bits per heavy atom. The van der Waals surface area contributed by atoms with Gasteiger partial charge in [0.1, 0.15) is 11.4 Å². The van der Waals surface area contributed by atoms with Crippen LogP contribution in [0, 0.1) is 0 Å². The molecule has 23 heavy (non-hydrogen) atoms. The Morgan fingerprint density at radius 2 is 1.13 bits per heavy atom. The summed E-state index contributed by atoms with van der Waals surface area (Å²) >= 11 is 1.86. The zero-order valence-electron chi connectivity index (χ0n) is 12.0. The molecule has 0 fully saturated rings. The highest BCUT2D eigenvalue weighted by Crippen LogP contribution is 2.32. The molecule has 3 heterocycles. The van der Waals surface area contributed by atoms with Crippen LogP contribution in [0.4, 0.5) is 0 Å². The van der Waals surface area contributed by atoms with Gasteiger partial charge in [0.2, 0.25) is 0 Å². The lowest BCUT2D eigenvalue weighted by Gasteiger charge is -1.88. The van der Waals surface area contributed by atoms with Crippen LogP contribution < -0.4 is 0 Å². The summed E-state index contributed by atoms with van der Waals surface area (Å²) in [6, 6.07) is 17.1. The third kappa shape index (κ3) is 2.69. The Labute approximate surface area is 135 Å². The standard InChI is InChI=1S/C12H8S.C4H4N6/c1-3-7-11-9(5-1)10-6-2-4-8-12(10)13-11;1-3(7-9-5-1)4-2-6-10-8-4/h1-8H;1-2H,(H,5,7,9)(H,6,8,10). The Balaban J connectivity index is 0.000000122. The third-order valence-electron chi connectivity index (χ3n) is 3.38. The van der Waals surface area contributed by atoms with E-state index >= 15 is 0 Å². The maximum Gasteiger partial charge on any atom is 0.134 e. The van der Waals surface area contributed by atoms with E-state index in [1.54, 1.807) is 12.4 Å². The second-order valence-electron chi connectivity index (χ2n) is 4.81. The van der Waals surface area contributed by atoms with Crippen LogP contribution in [0.15, 0.2) is 60.9 Å². The maximum absolute atomic E-state index is 3.73. The quantitative estimate of drug-likeness (QED) is 0.494. The summed E-state index contributed by atoms with van der Waals surface area (Å²) in [4.78, 5) is 0. The fraction of sp³-hybridized carbons (Fsp3) is 0. The van der Waals surface area contributed by atoms with Gasteiger partial charge in [0.25, 0.3) is 0 Å². The first kappa shape index (κ1) is 13.6.